The van der Waals surface area contributed by atoms with Gasteiger partial charge in [0.2, 0.25) is 5.91 Å². The highest BCUT2D eigenvalue weighted by molar-refractivity contribution is 5.91. The molecule has 2 aromatic rings. The van der Waals surface area contributed by atoms with Gasteiger partial charge in [-0.15, -0.1) is 0 Å². The van der Waals surface area contributed by atoms with Crippen molar-refractivity contribution >= 4 is 23.5 Å². The lowest BCUT2D eigenvalue weighted by molar-refractivity contribution is -0.151. The Hall–Kier alpha value is -3.23. The van der Waals surface area contributed by atoms with Crippen molar-refractivity contribution in [1.82, 2.24) is 10.2 Å². The standard InChI is InChI=1S/C29H37N3O5/c1-18-25(28(34)35)27(26(29(36)37)19(2)30-18)22-9-6-10-23(17-22)31-24(33)13-16-32-14-11-21(12-15-32)20-7-4-3-5-8-20/h3-10,17-19,21,25-27,30H,11-16H2,1-2H3,(H,31,33)(H,34,35)(H,36,37). The fourth-order valence-electron chi connectivity index (χ4n) is 6.14. The molecule has 2 aromatic carbocycles. The zero-order valence-corrected chi connectivity index (χ0v) is 21.5. The molecule has 4 atom stereocenters. The predicted octanol–water partition coefficient (Wildman–Crippen LogP) is 3.76. The fourth-order valence-corrected chi connectivity index (χ4v) is 6.14. The van der Waals surface area contributed by atoms with E-state index >= 15 is 0 Å². The first-order chi connectivity index (χ1) is 17.7. The number of anilines is 1. The van der Waals surface area contributed by atoms with Gasteiger partial charge >= 0.3 is 11.9 Å². The molecule has 2 aliphatic rings. The maximum absolute atomic E-state index is 12.7. The lowest BCUT2D eigenvalue weighted by Gasteiger charge is -2.43. The van der Waals surface area contributed by atoms with E-state index in [0.717, 1.165) is 25.9 Å². The molecule has 2 aliphatic heterocycles. The van der Waals surface area contributed by atoms with Gasteiger partial charge in [-0.25, -0.2) is 0 Å². The highest BCUT2D eigenvalue weighted by atomic mass is 16.4. The maximum Gasteiger partial charge on any atom is 0.308 e. The Labute approximate surface area is 218 Å². The molecule has 2 heterocycles. The minimum atomic E-state index is -1.03. The molecule has 0 saturated carbocycles. The van der Waals surface area contributed by atoms with Crippen LogP contribution in [-0.4, -0.2) is 64.7 Å². The van der Waals surface area contributed by atoms with E-state index in [-0.39, 0.29) is 5.91 Å². The number of nitrogens with zero attached hydrogens (tertiary/aromatic N) is 1. The smallest absolute Gasteiger partial charge is 0.308 e. The maximum atomic E-state index is 12.7. The average molecular weight is 508 g/mol. The summed E-state index contributed by atoms with van der Waals surface area (Å²) in [4.78, 5) is 39.3. The number of benzene rings is 2. The summed E-state index contributed by atoms with van der Waals surface area (Å²) in [6, 6.07) is 16.8. The Morgan fingerprint density at radius 3 is 2.08 bits per heavy atom. The van der Waals surface area contributed by atoms with Gasteiger partial charge in [-0.3, -0.25) is 14.4 Å². The molecule has 0 aromatic heterocycles. The van der Waals surface area contributed by atoms with Gasteiger partial charge in [0, 0.05) is 36.7 Å². The molecule has 0 spiro atoms. The number of hydrogen-bond acceptors (Lipinski definition) is 5. The molecule has 0 bridgehead atoms. The van der Waals surface area contributed by atoms with Crippen molar-refractivity contribution in [3.63, 3.8) is 0 Å². The normalized spacial score (nSPS) is 26.9. The van der Waals surface area contributed by atoms with Crippen LogP contribution in [0.3, 0.4) is 0 Å². The Bertz CT molecular complexity index is 1070. The van der Waals surface area contributed by atoms with Crippen LogP contribution in [0, 0.1) is 11.8 Å². The molecule has 2 fully saturated rings. The number of carboxylic acid groups (broad SMARTS) is 2. The number of aliphatic carboxylic acids is 2. The third kappa shape index (κ3) is 6.37. The average Bonchev–Trinajstić information content (AvgIpc) is 2.87. The fraction of sp³-hybridized carbons (Fsp3) is 0.483. The Kier molecular flexibility index (Phi) is 8.61. The van der Waals surface area contributed by atoms with E-state index in [4.69, 9.17) is 0 Å². The van der Waals surface area contributed by atoms with Crippen LogP contribution in [0.2, 0.25) is 0 Å². The molecular weight excluding hydrogens is 470 g/mol. The number of carbonyl (C=O) groups excluding carboxylic acids is 1. The summed E-state index contributed by atoms with van der Waals surface area (Å²) in [5.41, 5.74) is 2.55. The largest absolute Gasteiger partial charge is 0.481 e. The summed E-state index contributed by atoms with van der Waals surface area (Å²) in [5.74, 6) is -4.13. The predicted molar refractivity (Wildman–Crippen MR) is 142 cm³/mol. The van der Waals surface area contributed by atoms with Crippen molar-refractivity contribution in [3.05, 3.63) is 65.7 Å². The van der Waals surface area contributed by atoms with Crippen molar-refractivity contribution in [3.8, 4) is 0 Å². The number of piperidine rings is 2. The van der Waals surface area contributed by atoms with E-state index in [0.29, 0.717) is 30.1 Å². The molecule has 0 aliphatic carbocycles. The minimum absolute atomic E-state index is 0.112. The number of carbonyl (C=O) groups is 3. The van der Waals surface area contributed by atoms with Crippen molar-refractivity contribution < 1.29 is 24.6 Å². The van der Waals surface area contributed by atoms with E-state index in [1.54, 1.807) is 38.1 Å². The van der Waals surface area contributed by atoms with Crippen LogP contribution in [0.1, 0.15) is 56.1 Å². The molecule has 1 amide bonds. The minimum Gasteiger partial charge on any atom is -0.481 e. The summed E-state index contributed by atoms with van der Waals surface area (Å²) < 4.78 is 0. The number of nitrogens with one attached hydrogen (secondary N) is 2. The van der Waals surface area contributed by atoms with E-state index in [1.807, 2.05) is 6.07 Å². The van der Waals surface area contributed by atoms with Gasteiger partial charge in [-0.2, -0.15) is 0 Å². The van der Waals surface area contributed by atoms with Gasteiger partial charge in [0.05, 0.1) is 11.8 Å². The van der Waals surface area contributed by atoms with Gasteiger partial charge < -0.3 is 25.7 Å². The van der Waals surface area contributed by atoms with Gasteiger partial charge in [0.15, 0.2) is 0 Å². The van der Waals surface area contributed by atoms with Gasteiger partial charge in [0.1, 0.15) is 0 Å². The zero-order valence-electron chi connectivity index (χ0n) is 21.5. The Balaban J connectivity index is 1.37. The highest BCUT2D eigenvalue weighted by Gasteiger charge is 2.48. The van der Waals surface area contributed by atoms with Crippen LogP contribution in [0.4, 0.5) is 5.69 Å². The monoisotopic (exact) mass is 507 g/mol. The van der Waals surface area contributed by atoms with Crippen LogP contribution < -0.4 is 10.6 Å². The van der Waals surface area contributed by atoms with E-state index < -0.39 is 41.8 Å². The molecular formula is C29H37N3O5. The number of rotatable bonds is 8. The molecule has 198 valence electrons. The number of amides is 1. The molecule has 8 nitrogen and oxygen atoms in total. The zero-order chi connectivity index (χ0) is 26.5. The first kappa shape index (κ1) is 26.8. The lowest BCUT2D eigenvalue weighted by Crippen LogP contribution is -2.57. The summed E-state index contributed by atoms with van der Waals surface area (Å²) >= 11 is 0. The molecule has 8 heteroatoms. The van der Waals surface area contributed by atoms with Crippen molar-refractivity contribution in [2.75, 3.05) is 25.0 Å². The van der Waals surface area contributed by atoms with Gasteiger partial charge in [-0.05, 0) is 69.0 Å². The van der Waals surface area contributed by atoms with Crippen molar-refractivity contribution in [1.29, 1.82) is 0 Å². The Morgan fingerprint density at radius 1 is 0.892 bits per heavy atom. The molecule has 37 heavy (non-hydrogen) atoms. The second kappa shape index (κ2) is 11.9. The van der Waals surface area contributed by atoms with Crippen LogP contribution in [0.15, 0.2) is 54.6 Å². The van der Waals surface area contributed by atoms with Crippen LogP contribution in [0.25, 0.3) is 0 Å². The SMILES string of the molecule is CC1NC(C)C(C(=O)O)C(c2cccc(NC(=O)CCN3CCC(c4ccccc4)CC3)c2)C1C(=O)O. The summed E-state index contributed by atoms with van der Waals surface area (Å²) in [6.07, 6.45) is 2.52. The highest BCUT2D eigenvalue weighted by Crippen LogP contribution is 2.41. The van der Waals surface area contributed by atoms with E-state index in [1.165, 1.54) is 5.56 Å². The van der Waals surface area contributed by atoms with Crippen LogP contribution in [-0.2, 0) is 14.4 Å². The summed E-state index contributed by atoms with van der Waals surface area (Å²) in [5, 5.41) is 25.9. The third-order valence-electron chi connectivity index (χ3n) is 8.02. The second-order valence-corrected chi connectivity index (χ2v) is 10.4. The molecule has 2 saturated heterocycles. The first-order valence-electron chi connectivity index (χ1n) is 13.1. The topological polar surface area (TPSA) is 119 Å². The Morgan fingerprint density at radius 2 is 1.49 bits per heavy atom. The van der Waals surface area contributed by atoms with Crippen LogP contribution in [0.5, 0.6) is 0 Å². The summed E-state index contributed by atoms with van der Waals surface area (Å²) in [7, 11) is 0. The number of likely N-dealkylation sites (tertiary alicyclic amines) is 1. The van der Waals surface area contributed by atoms with E-state index in [2.05, 4.69) is 39.8 Å². The molecule has 0 radical (unpaired) electrons. The number of hydrogen-bond donors (Lipinski definition) is 4. The molecule has 4 rings (SSSR count). The lowest BCUT2D eigenvalue weighted by atomic mass is 9.68. The first-order valence-corrected chi connectivity index (χ1v) is 13.1. The third-order valence-corrected chi connectivity index (χ3v) is 8.02. The van der Waals surface area contributed by atoms with E-state index in [9.17, 15) is 24.6 Å². The number of carboxylic acids is 2. The van der Waals surface area contributed by atoms with Crippen molar-refractivity contribution in [2.45, 2.75) is 57.0 Å². The van der Waals surface area contributed by atoms with Gasteiger partial charge in [0.25, 0.3) is 0 Å². The second-order valence-electron chi connectivity index (χ2n) is 10.4. The van der Waals surface area contributed by atoms with Gasteiger partial charge in [-0.1, -0.05) is 42.5 Å². The molecule has 4 unspecified atom stereocenters. The van der Waals surface area contributed by atoms with Crippen molar-refractivity contribution in [2.24, 2.45) is 11.8 Å². The van der Waals surface area contributed by atoms with Crippen LogP contribution >= 0.6 is 0 Å². The summed E-state index contributed by atoms with van der Waals surface area (Å²) in [6.45, 7) is 6.14. The quantitative estimate of drug-likeness (QED) is 0.430. The molecule has 4 N–H and O–H groups in total.